The van der Waals surface area contributed by atoms with E-state index in [0.29, 0.717) is 6.61 Å². The second-order valence-corrected chi connectivity index (χ2v) is 6.63. The molecule has 0 heterocycles. The van der Waals surface area contributed by atoms with Gasteiger partial charge in [-0.25, -0.2) is 0 Å². The molecule has 0 spiro atoms. The van der Waals surface area contributed by atoms with Gasteiger partial charge < -0.3 is 4.74 Å². The summed E-state index contributed by atoms with van der Waals surface area (Å²) in [5.41, 5.74) is 0.659. The molecule has 1 saturated carbocycles. The Morgan fingerprint density at radius 2 is 1.95 bits per heavy atom. The zero-order valence-electron chi connectivity index (χ0n) is 12.5. The minimum atomic E-state index is -0.143. The highest BCUT2D eigenvalue weighted by Crippen LogP contribution is 2.59. The molecule has 2 unspecified atom stereocenters. The Bertz CT molecular complexity index is 385. The fraction of sp³-hybridized carbons (Fsp3) is 0.733. The van der Waals surface area contributed by atoms with Gasteiger partial charge in [-0.05, 0) is 37.2 Å². The van der Waals surface area contributed by atoms with E-state index in [4.69, 9.17) is 4.74 Å². The van der Waals surface area contributed by atoms with Crippen molar-refractivity contribution in [3.63, 3.8) is 0 Å². The first kappa shape index (κ1) is 16.3. The van der Waals surface area contributed by atoms with Gasteiger partial charge in [-0.15, -0.1) is 0 Å². The summed E-state index contributed by atoms with van der Waals surface area (Å²) >= 11 is 1.35. The Balaban J connectivity index is 2.66. The van der Waals surface area contributed by atoms with E-state index in [0.717, 1.165) is 17.7 Å². The van der Waals surface area contributed by atoms with Crippen molar-refractivity contribution in [1.82, 2.24) is 0 Å². The number of rotatable bonds is 6. The van der Waals surface area contributed by atoms with Gasteiger partial charge in [0.2, 0.25) is 5.12 Å². The van der Waals surface area contributed by atoms with Crippen molar-refractivity contribution >= 4 is 22.8 Å². The molecule has 0 aromatic carbocycles. The van der Waals surface area contributed by atoms with E-state index in [-0.39, 0.29) is 28.3 Å². The molecule has 2 atom stereocenters. The molecule has 1 aliphatic carbocycles. The predicted molar refractivity (Wildman–Crippen MR) is 78.9 cm³/mol. The predicted octanol–water partition coefficient (Wildman–Crippen LogP) is 3.44. The average Bonchev–Trinajstić information content (AvgIpc) is 2.88. The van der Waals surface area contributed by atoms with E-state index in [9.17, 15) is 9.59 Å². The molecule has 1 rings (SSSR count). The third kappa shape index (κ3) is 3.85. The summed E-state index contributed by atoms with van der Waals surface area (Å²) in [6.07, 6.45) is 2.94. The van der Waals surface area contributed by atoms with Crippen LogP contribution in [0.25, 0.3) is 0 Å². The van der Waals surface area contributed by atoms with Gasteiger partial charge in [0.25, 0.3) is 0 Å². The topological polar surface area (TPSA) is 43.4 Å². The van der Waals surface area contributed by atoms with Crippen molar-refractivity contribution in [3.05, 3.63) is 11.6 Å². The molecule has 0 amide bonds. The second kappa shape index (κ2) is 6.60. The first-order chi connectivity index (χ1) is 8.86. The SMILES string of the molecule is CCCSC(=O)/C(C)=C/C1C(C(=O)OCC)C1(C)C. The van der Waals surface area contributed by atoms with Crippen LogP contribution < -0.4 is 0 Å². The van der Waals surface area contributed by atoms with Gasteiger partial charge in [0.15, 0.2) is 0 Å². The Morgan fingerprint density at radius 1 is 1.32 bits per heavy atom. The summed E-state index contributed by atoms with van der Waals surface area (Å²) in [6, 6.07) is 0. The Morgan fingerprint density at radius 3 is 2.47 bits per heavy atom. The Hall–Kier alpha value is -0.770. The van der Waals surface area contributed by atoms with Crippen LogP contribution >= 0.6 is 11.8 Å². The van der Waals surface area contributed by atoms with Crippen molar-refractivity contribution in [2.45, 2.75) is 41.0 Å². The zero-order valence-corrected chi connectivity index (χ0v) is 13.3. The highest BCUT2D eigenvalue weighted by molar-refractivity contribution is 8.14. The van der Waals surface area contributed by atoms with Crippen LogP contribution in [0.1, 0.15) is 41.0 Å². The van der Waals surface area contributed by atoms with Gasteiger partial charge in [-0.3, -0.25) is 9.59 Å². The molecule has 0 N–H and O–H groups in total. The number of hydrogen-bond acceptors (Lipinski definition) is 4. The van der Waals surface area contributed by atoms with Crippen molar-refractivity contribution in [2.24, 2.45) is 17.3 Å². The fourth-order valence-electron chi connectivity index (χ4n) is 2.32. The van der Waals surface area contributed by atoms with Crippen molar-refractivity contribution in [2.75, 3.05) is 12.4 Å². The summed E-state index contributed by atoms with van der Waals surface area (Å²) < 4.78 is 5.08. The molecule has 0 radical (unpaired) electrons. The fourth-order valence-corrected chi connectivity index (χ4v) is 3.00. The summed E-state index contributed by atoms with van der Waals surface area (Å²) in [6.45, 7) is 10.2. The van der Waals surface area contributed by atoms with Crippen LogP contribution in [-0.4, -0.2) is 23.4 Å². The van der Waals surface area contributed by atoms with E-state index in [1.807, 2.05) is 33.8 Å². The second-order valence-electron chi connectivity index (χ2n) is 5.56. The first-order valence-corrected chi connectivity index (χ1v) is 7.87. The summed E-state index contributed by atoms with van der Waals surface area (Å²) in [5.74, 6) is 0.721. The molecule has 108 valence electrons. The zero-order chi connectivity index (χ0) is 14.6. The van der Waals surface area contributed by atoms with Crippen molar-refractivity contribution < 1.29 is 14.3 Å². The number of thioether (sulfide) groups is 1. The molecule has 0 aromatic rings. The van der Waals surface area contributed by atoms with Crippen LogP contribution in [0, 0.1) is 17.3 Å². The van der Waals surface area contributed by atoms with Gasteiger partial charge in [0.05, 0.1) is 12.5 Å². The lowest BCUT2D eigenvalue weighted by atomic mass is 10.1. The summed E-state index contributed by atoms with van der Waals surface area (Å²) in [4.78, 5) is 23.7. The maximum Gasteiger partial charge on any atom is 0.310 e. The van der Waals surface area contributed by atoms with Gasteiger partial charge in [-0.2, -0.15) is 0 Å². The summed E-state index contributed by atoms with van der Waals surface area (Å²) in [5, 5.41) is 0.118. The molecule has 3 nitrogen and oxygen atoms in total. The van der Waals surface area contributed by atoms with Crippen LogP contribution in [0.15, 0.2) is 11.6 Å². The van der Waals surface area contributed by atoms with Gasteiger partial charge >= 0.3 is 5.97 Å². The number of ether oxygens (including phenoxy) is 1. The Kier molecular flexibility index (Phi) is 5.65. The molecule has 0 bridgehead atoms. The third-order valence-corrected chi connectivity index (χ3v) is 4.84. The van der Waals surface area contributed by atoms with E-state index in [1.54, 1.807) is 0 Å². The minimum absolute atomic E-state index is 0.0940. The smallest absolute Gasteiger partial charge is 0.310 e. The van der Waals surface area contributed by atoms with Crippen LogP contribution in [0.4, 0.5) is 0 Å². The third-order valence-electron chi connectivity index (χ3n) is 3.64. The van der Waals surface area contributed by atoms with Crippen molar-refractivity contribution in [1.29, 1.82) is 0 Å². The lowest BCUT2D eigenvalue weighted by Crippen LogP contribution is -2.10. The van der Waals surface area contributed by atoms with E-state index >= 15 is 0 Å². The van der Waals surface area contributed by atoms with Crippen LogP contribution in [-0.2, 0) is 14.3 Å². The number of esters is 1. The van der Waals surface area contributed by atoms with Crippen LogP contribution in [0.2, 0.25) is 0 Å². The molecular weight excluding hydrogens is 260 g/mol. The van der Waals surface area contributed by atoms with Crippen molar-refractivity contribution in [3.8, 4) is 0 Å². The minimum Gasteiger partial charge on any atom is -0.466 e. The number of carbonyl (C=O) groups is 2. The quantitative estimate of drug-likeness (QED) is 0.553. The van der Waals surface area contributed by atoms with Gasteiger partial charge in [0.1, 0.15) is 0 Å². The lowest BCUT2D eigenvalue weighted by Gasteiger charge is -2.01. The monoisotopic (exact) mass is 284 g/mol. The molecule has 0 aliphatic heterocycles. The standard InChI is InChI=1S/C15H24O3S/c1-6-8-19-14(17)10(3)9-11-12(15(11,4)5)13(16)18-7-2/h9,11-12H,6-8H2,1-5H3/b10-9+. The van der Waals surface area contributed by atoms with Crippen LogP contribution in [0.3, 0.4) is 0 Å². The molecule has 1 aliphatic rings. The first-order valence-electron chi connectivity index (χ1n) is 6.88. The van der Waals surface area contributed by atoms with Gasteiger partial charge in [0, 0.05) is 5.75 Å². The van der Waals surface area contributed by atoms with E-state index in [2.05, 4.69) is 6.92 Å². The molecule has 0 aromatic heterocycles. The molecule has 0 saturated heterocycles. The maximum atomic E-state index is 11.9. The summed E-state index contributed by atoms with van der Waals surface area (Å²) in [7, 11) is 0. The average molecular weight is 284 g/mol. The number of hydrogen-bond donors (Lipinski definition) is 0. The Labute approximate surface area is 120 Å². The number of carbonyl (C=O) groups excluding carboxylic acids is 2. The molecule has 1 fully saturated rings. The molecule has 19 heavy (non-hydrogen) atoms. The largest absolute Gasteiger partial charge is 0.466 e. The van der Waals surface area contributed by atoms with E-state index in [1.165, 1.54) is 11.8 Å². The molecular formula is C15H24O3S. The maximum absolute atomic E-state index is 11.9. The normalized spacial score (nSPS) is 25.0. The van der Waals surface area contributed by atoms with Crippen LogP contribution in [0.5, 0.6) is 0 Å². The van der Waals surface area contributed by atoms with Gasteiger partial charge in [-0.1, -0.05) is 38.6 Å². The molecule has 4 heteroatoms. The lowest BCUT2D eigenvalue weighted by molar-refractivity contribution is -0.145. The highest BCUT2D eigenvalue weighted by Gasteiger charge is 2.61. The highest BCUT2D eigenvalue weighted by atomic mass is 32.2. The van der Waals surface area contributed by atoms with E-state index < -0.39 is 0 Å². The number of allylic oxidation sites excluding steroid dienone is 1.